The molecule has 0 saturated carbocycles. The van der Waals surface area contributed by atoms with Crippen LogP contribution in [0.1, 0.15) is 5.56 Å². The number of pyridine rings is 1. The van der Waals surface area contributed by atoms with Crippen molar-refractivity contribution in [3.8, 4) is 0 Å². The standard InChI is InChI=1S/C16H12ClNOS/c17-12-6-7-14-15(8-12)18-9-11(10-19)16(14)20-13-4-2-1-3-5-13/h1-9,19H,10H2. The van der Waals surface area contributed by atoms with Crippen molar-refractivity contribution in [2.75, 3.05) is 0 Å². The van der Waals surface area contributed by atoms with E-state index < -0.39 is 0 Å². The van der Waals surface area contributed by atoms with Gasteiger partial charge in [-0.1, -0.05) is 47.6 Å². The lowest BCUT2D eigenvalue weighted by Crippen LogP contribution is -1.92. The summed E-state index contributed by atoms with van der Waals surface area (Å²) < 4.78 is 0. The largest absolute Gasteiger partial charge is 0.392 e. The van der Waals surface area contributed by atoms with E-state index in [1.165, 1.54) is 0 Å². The van der Waals surface area contributed by atoms with Gasteiger partial charge in [0.25, 0.3) is 0 Å². The van der Waals surface area contributed by atoms with E-state index in [1.807, 2.05) is 48.5 Å². The molecule has 3 aromatic rings. The van der Waals surface area contributed by atoms with Gasteiger partial charge in [-0.3, -0.25) is 4.98 Å². The number of fused-ring (bicyclic) bond motifs is 1. The number of aliphatic hydroxyl groups is 1. The summed E-state index contributed by atoms with van der Waals surface area (Å²) >= 11 is 7.64. The number of hydrogen-bond acceptors (Lipinski definition) is 3. The first kappa shape index (κ1) is 13.4. The Bertz CT molecular complexity index is 746. The molecule has 0 aliphatic rings. The maximum Gasteiger partial charge on any atom is 0.0728 e. The Kier molecular flexibility index (Phi) is 3.92. The summed E-state index contributed by atoms with van der Waals surface area (Å²) in [4.78, 5) is 6.51. The van der Waals surface area contributed by atoms with Crippen LogP contribution in [0, 0.1) is 0 Å². The van der Waals surface area contributed by atoms with Crippen LogP contribution in [-0.4, -0.2) is 10.1 Å². The number of nitrogens with zero attached hydrogens (tertiary/aromatic N) is 1. The number of rotatable bonds is 3. The van der Waals surface area contributed by atoms with Gasteiger partial charge in [-0.05, 0) is 24.3 Å². The third-order valence-electron chi connectivity index (χ3n) is 2.99. The molecule has 0 amide bonds. The molecular weight excluding hydrogens is 290 g/mol. The van der Waals surface area contributed by atoms with Crippen molar-refractivity contribution in [2.24, 2.45) is 0 Å². The number of benzene rings is 2. The number of aromatic nitrogens is 1. The summed E-state index contributed by atoms with van der Waals surface area (Å²) in [6, 6.07) is 15.7. The SMILES string of the molecule is OCc1cnc2cc(Cl)ccc2c1Sc1ccccc1. The van der Waals surface area contributed by atoms with Gasteiger partial charge in [0.2, 0.25) is 0 Å². The van der Waals surface area contributed by atoms with Crippen LogP contribution in [0.3, 0.4) is 0 Å². The normalized spacial score (nSPS) is 10.9. The number of halogens is 1. The summed E-state index contributed by atoms with van der Waals surface area (Å²) in [5, 5.41) is 11.2. The van der Waals surface area contributed by atoms with Gasteiger partial charge in [-0.2, -0.15) is 0 Å². The molecule has 0 bridgehead atoms. The summed E-state index contributed by atoms with van der Waals surface area (Å²) in [6.07, 6.45) is 1.71. The van der Waals surface area contributed by atoms with Gasteiger partial charge in [0, 0.05) is 32.0 Å². The summed E-state index contributed by atoms with van der Waals surface area (Å²) in [5.74, 6) is 0. The van der Waals surface area contributed by atoms with E-state index in [4.69, 9.17) is 11.6 Å². The highest BCUT2D eigenvalue weighted by atomic mass is 35.5. The van der Waals surface area contributed by atoms with Gasteiger partial charge in [0.15, 0.2) is 0 Å². The van der Waals surface area contributed by atoms with E-state index in [0.717, 1.165) is 26.3 Å². The van der Waals surface area contributed by atoms with Gasteiger partial charge < -0.3 is 5.11 Å². The van der Waals surface area contributed by atoms with E-state index in [9.17, 15) is 5.11 Å². The molecular formula is C16H12ClNOS. The molecule has 0 atom stereocenters. The zero-order chi connectivity index (χ0) is 13.9. The lowest BCUT2D eigenvalue weighted by molar-refractivity contribution is 0.279. The van der Waals surface area contributed by atoms with Gasteiger partial charge in [-0.25, -0.2) is 0 Å². The first-order valence-electron chi connectivity index (χ1n) is 6.19. The van der Waals surface area contributed by atoms with E-state index in [2.05, 4.69) is 4.98 Å². The average Bonchev–Trinajstić information content (AvgIpc) is 2.48. The first-order valence-corrected chi connectivity index (χ1v) is 7.38. The maximum absolute atomic E-state index is 9.53. The molecule has 2 nitrogen and oxygen atoms in total. The fourth-order valence-electron chi connectivity index (χ4n) is 2.02. The maximum atomic E-state index is 9.53. The number of hydrogen-bond donors (Lipinski definition) is 1. The van der Waals surface area contributed by atoms with Crippen LogP contribution >= 0.6 is 23.4 Å². The highest BCUT2D eigenvalue weighted by Crippen LogP contribution is 2.36. The molecule has 0 spiro atoms. The Morgan fingerprint density at radius 1 is 1.10 bits per heavy atom. The van der Waals surface area contributed by atoms with Crippen molar-refractivity contribution < 1.29 is 5.11 Å². The minimum atomic E-state index is -0.0271. The quantitative estimate of drug-likeness (QED) is 0.771. The summed E-state index contributed by atoms with van der Waals surface area (Å²) in [6.45, 7) is -0.0271. The molecule has 0 saturated heterocycles. The van der Waals surface area contributed by atoms with Crippen LogP contribution < -0.4 is 0 Å². The van der Waals surface area contributed by atoms with Crippen LogP contribution in [0.5, 0.6) is 0 Å². The molecule has 1 heterocycles. The monoisotopic (exact) mass is 301 g/mol. The molecule has 2 aromatic carbocycles. The molecule has 4 heteroatoms. The lowest BCUT2D eigenvalue weighted by Gasteiger charge is -2.10. The van der Waals surface area contributed by atoms with E-state index in [0.29, 0.717) is 5.02 Å². The molecule has 0 aliphatic carbocycles. The van der Waals surface area contributed by atoms with Crippen molar-refractivity contribution in [2.45, 2.75) is 16.4 Å². The second kappa shape index (κ2) is 5.83. The minimum absolute atomic E-state index is 0.0271. The van der Waals surface area contributed by atoms with E-state index in [-0.39, 0.29) is 6.61 Å². The summed E-state index contributed by atoms with van der Waals surface area (Å²) in [5.41, 5.74) is 1.67. The van der Waals surface area contributed by atoms with E-state index in [1.54, 1.807) is 18.0 Å². The Balaban J connectivity index is 2.16. The fourth-order valence-corrected chi connectivity index (χ4v) is 3.25. The van der Waals surface area contributed by atoms with Crippen molar-refractivity contribution >= 4 is 34.3 Å². The van der Waals surface area contributed by atoms with Crippen LogP contribution in [0.25, 0.3) is 10.9 Å². The Morgan fingerprint density at radius 2 is 1.90 bits per heavy atom. The molecule has 1 aromatic heterocycles. The van der Waals surface area contributed by atoms with Crippen LogP contribution in [-0.2, 0) is 6.61 Å². The van der Waals surface area contributed by atoms with Gasteiger partial charge >= 0.3 is 0 Å². The van der Waals surface area contributed by atoms with E-state index >= 15 is 0 Å². The fraction of sp³-hybridized carbons (Fsp3) is 0.0625. The molecule has 0 aliphatic heterocycles. The Hall–Kier alpha value is -1.55. The van der Waals surface area contributed by atoms with Gasteiger partial charge in [-0.15, -0.1) is 0 Å². The van der Waals surface area contributed by atoms with Crippen molar-refractivity contribution in [1.82, 2.24) is 4.98 Å². The molecule has 100 valence electrons. The minimum Gasteiger partial charge on any atom is -0.392 e. The second-order valence-electron chi connectivity index (χ2n) is 4.35. The van der Waals surface area contributed by atoms with Crippen molar-refractivity contribution in [3.63, 3.8) is 0 Å². The third kappa shape index (κ3) is 2.66. The smallest absolute Gasteiger partial charge is 0.0728 e. The first-order chi connectivity index (χ1) is 9.78. The third-order valence-corrected chi connectivity index (χ3v) is 4.42. The molecule has 0 radical (unpaired) electrons. The zero-order valence-corrected chi connectivity index (χ0v) is 12.2. The number of aliphatic hydroxyl groups excluding tert-OH is 1. The Morgan fingerprint density at radius 3 is 2.65 bits per heavy atom. The van der Waals surface area contributed by atoms with Crippen molar-refractivity contribution in [3.05, 3.63) is 65.3 Å². The molecule has 0 unspecified atom stereocenters. The lowest BCUT2D eigenvalue weighted by atomic mass is 10.1. The molecule has 0 fully saturated rings. The zero-order valence-electron chi connectivity index (χ0n) is 10.6. The molecule has 3 rings (SSSR count). The van der Waals surface area contributed by atoms with Gasteiger partial charge in [0.05, 0.1) is 12.1 Å². The van der Waals surface area contributed by atoms with Crippen LogP contribution in [0.15, 0.2) is 64.5 Å². The highest BCUT2D eigenvalue weighted by Gasteiger charge is 2.10. The predicted molar refractivity (Wildman–Crippen MR) is 83.2 cm³/mol. The van der Waals surface area contributed by atoms with Gasteiger partial charge in [0.1, 0.15) is 0 Å². The summed E-state index contributed by atoms with van der Waals surface area (Å²) in [7, 11) is 0. The second-order valence-corrected chi connectivity index (χ2v) is 5.87. The van der Waals surface area contributed by atoms with Crippen LogP contribution in [0.2, 0.25) is 5.02 Å². The average molecular weight is 302 g/mol. The molecule has 1 N–H and O–H groups in total. The Labute approximate surface area is 126 Å². The topological polar surface area (TPSA) is 33.1 Å². The van der Waals surface area contributed by atoms with Crippen molar-refractivity contribution in [1.29, 1.82) is 0 Å². The predicted octanol–water partition coefficient (Wildman–Crippen LogP) is 4.53. The molecule has 20 heavy (non-hydrogen) atoms. The highest BCUT2D eigenvalue weighted by molar-refractivity contribution is 7.99. The van der Waals surface area contributed by atoms with Crippen LogP contribution in [0.4, 0.5) is 0 Å².